The number of aryl methyl sites for hydroxylation is 1. The van der Waals surface area contributed by atoms with Crippen LogP contribution in [0, 0.1) is 12.7 Å². The van der Waals surface area contributed by atoms with Gasteiger partial charge in [-0.3, -0.25) is 10.00 Å². The van der Waals surface area contributed by atoms with Gasteiger partial charge in [0, 0.05) is 30.3 Å². The summed E-state index contributed by atoms with van der Waals surface area (Å²) in [7, 11) is 1.50. The van der Waals surface area contributed by atoms with Gasteiger partial charge in [-0.05, 0) is 37.9 Å². The zero-order chi connectivity index (χ0) is 15.5. The Kier molecular flexibility index (Phi) is 4.43. The van der Waals surface area contributed by atoms with Crippen LogP contribution in [-0.4, -0.2) is 35.3 Å². The van der Waals surface area contributed by atoms with E-state index in [1.54, 1.807) is 6.07 Å². The summed E-state index contributed by atoms with van der Waals surface area (Å²) in [6.07, 6.45) is 4.14. The molecule has 1 fully saturated rings. The summed E-state index contributed by atoms with van der Waals surface area (Å²) in [5.74, 6) is 0.519. The molecule has 0 aliphatic carbocycles. The smallest absolute Gasteiger partial charge is 0.169 e. The van der Waals surface area contributed by atoms with Gasteiger partial charge in [0.2, 0.25) is 0 Å². The molecule has 0 amide bonds. The Morgan fingerprint density at radius 3 is 3.05 bits per heavy atom. The van der Waals surface area contributed by atoms with Crippen LogP contribution in [0.3, 0.4) is 0 Å². The molecule has 3 rings (SSSR count). The highest BCUT2D eigenvalue weighted by molar-refractivity contribution is 5.31. The van der Waals surface area contributed by atoms with Crippen molar-refractivity contribution in [3.05, 3.63) is 47.0 Å². The Labute approximate surface area is 130 Å². The predicted octanol–water partition coefficient (Wildman–Crippen LogP) is 3.25. The maximum Gasteiger partial charge on any atom is 0.169 e. The van der Waals surface area contributed by atoms with Crippen molar-refractivity contribution in [1.82, 2.24) is 15.1 Å². The molecule has 0 unspecified atom stereocenters. The first-order valence-electron chi connectivity index (χ1n) is 7.72. The molecular weight excluding hydrogens is 281 g/mol. The molecule has 2 aromatic rings. The molecule has 1 N–H and O–H groups in total. The molecule has 5 heteroatoms. The van der Waals surface area contributed by atoms with Crippen molar-refractivity contribution in [3.63, 3.8) is 0 Å². The molecular formula is C17H22FN3O. The van der Waals surface area contributed by atoms with Gasteiger partial charge in [0.15, 0.2) is 11.6 Å². The Balaban J connectivity index is 1.72. The molecule has 2 heterocycles. The van der Waals surface area contributed by atoms with Crippen LogP contribution in [0.25, 0.3) is 0 Å². The quantitative estimate of drug-likeness (QED) is 0.942. The van der Waals surface area contributed by atoms with Crippen LogP contribution in [0.2, 0.25) is 0 Å². The lowest BCUT2D eigenvalue weighted by atomic mass is 9.92. The maximum absolute atomic E-state index is 14.3. The van der Waals surface area contributed by atoms with Crippen LogP contribution >= 0.6 is 0 Å². The highest BCUT2D eigenvalue weighted by Crippen LogP contribution is 2.29. The fraction of sp³-hybridized carbons (Fsp3) is 0.471. The second-order valence-corrected chi connectivity index (χ2v) is 5.97. The van der Waals surface area contributed by atoms with Gasteiger partial charge in [-0.25, -0.2) is 4.39 Å². The number of halogens is 1. The van der Waals surface area contributed by atoms with E-state index in [-0.39, 0.29) is 5.82 Å². The van der Waals surface area contributed by atoms with Gasteiger partial charge in [0.25, 0.3) is 0 Å². The zero-order valence-corrected chi connectivity index (χ0v) is 13.1. The van der Waals surface area contributed by atoms with E-state index >= 15 is 0 Å². The number of H-pyrrole nitrogens is 1. The lowest BCUT2D eigenvalue weighted by Gasteiger charge is -2.32. The summed E-state index contributed by atoms with van der Waals surface area (Å²) in [5, 5.41) is 7.24. The molecule has 118 valence electrons. The Hall–Kier alpha value is -1.88. The summed E-state index contributed by atoms with van der Waals surface area (Å²) in [6.45, 7) is 4.63. The molecule has 0 saturated carbocycles. The van der Waals surface area contributed by atoms with Crippen molar-refractivity contribution < 1.29 is 9.13 Å². The highest BCUT2D eigenvalue weighted by Gasteiger charge is 2.24. The van der Waals surface area contributed by atoms with Crippen LogP contribution in [0.5, 0.6) is 5.75 Å². The SMILES string of the molecule is COc1cccc(CN2CCC[C@@H](c3[nH]ncc3C)C2)c1F. The summed E-state index contributed by atoms with van der Waals surface area (Å²) in [4.78, 5) is 2.31. The number of methoxy groups -OCH3 is 1. The summed E-state index contributed by atoms with van der Waals surface area (Å²) < 4.78 is 19.4. The summed E-state index contributed by atoms with van der Waals surface area (Å²) in [6, 6.07) is 5.34. The summed E-state index contributed by atoms with van der Waals surface area (Å²) >= 11 is 0. The van der Waals surface area contributed by atoms with Crippen molar-refractivity contribution in [2.24, 2.45) is 0 Å². The second-order valence-electron chi connectivity index (χ2n) is 5.97. The number of hydrogen-bond donors (Lipinski definition) is 1. The minimum Gasteiger partial charge on any atom is -0.494 e. The van der Waals surface area contributed by atoms with E-state index in [2.05, 4.69) is 22.0 Å². The second kappa shape index (κ2) is 6.48. The van der Waals surface area contributed by atoms with Crippen LogP contribution in [0.15, 0.2) is 24.4 Å². The third-order valence-electron chi connectivity index (χ3n) is 4.44. The number of ether oxygens (including phenoxy) is 1. The van der Waals surface area contributed by atoms with Crippen molar-refractivity contribution in [2.45, 2.75) is 32.2 Å². The van der Waals surface area contributed by atoms with Gasteiger partial charge >= 0.3 is 0 Å². The van der Waals surface area contributed by atoms with Gasteiger partial charge in [0.05, 0.1) is 13.3 Å². The first-order chi connectivity index (χ1) is 10.7. The molecule has 1 saturated heterocycles. The highest BCUT2D eigenvalue weighted by atomic mass is 19.1. The van der Waals surface area contributed by atoms with Crippen molar-refractivity contribution >= 4 is 0 Å². The average Bonchev–Trinajstić information content (AvgIpc) is 2.96. The van der Waals surface area contributed by atoms with Crippen molar-refractivity contribution in [3.8, 4) is 5.75 Å². The van der Waals surface area contributed by atoms with Gasteiger partial charge in [0.1, 0.15) is 0 Å². The molecule has 1 atom stereocenters. The third kappa shape index (κ3) is 2.99. The lowest BCUT2D eigenvalue weighted by Crippen LogP contribution is -2.34. The molecule has 1 aliphatic heterocycles. The van der Waals surface area contributed by atoms with Crippen LogP contribution in [0.1, 0.15) is 35.6 Å². The number of benzene rings is 1. The molecule has 0 bridgehead atoms. The van der Waals surface area contributed by atoms with Gasteiger partial charge in [-0.1, -0.05) is 12.1 Å². The Bertz CT molecular complexity index is 641. The molecule has 22 heavy (non-hydrogen) atoms. The number of likely N-dealkylation sites (tertiary alicyclic amines) is 1. The monoisotopic (exact) mass is 303 g/mol. The minimum atomic E-state index is -0.246. The fourth-order valence-electron chi connectivity index (χ4n) is 3.28. The topological polar surface area (TPSA) is 41.1 Å². The van der Waals surface area contributed by atoms with Crippen molar-refractivity contribution in [1.29, 1.82) is 0 Å². The number of nitrogens with zero attached hydrogens (tertiary/aromatic N) is 2. The number of piperidine rings is 1. The maximum atomic E-state index is 14.3. The van der Waals surface area contributed by atoms with Gasteiger partial charge < -0.3 is 4.74 Å². The first kappa shape index (κ1) is 15.0. The van der Waals surface area contributed by atoms with E-state index < -0.39 is 0 Å². The first-order valence-corrected chi connectivity index (χ1v) is 7.72. The van der Waals surface area contributed by atoms with E-state index in [0.29, 0.717) is 23.8 Å². The minimum absolute atomic E-state index is 0.246. The zero-order valence-electron chi connectivity index (χ0n) is 13.1. The van der Waals surface area contributed by atoms with Crippen LogP contribution in [0.4, 0.5) is 4.39 Å². The molecule has 0 radical (unpaired) electrons. The molecule has 1 aromatic carbocycles. The van der Waals surface area contributed by atoms with E-state index in [0.717, 1.165) is 25.9 Å². The normalized spacial score (nSPS) is 19.3. The number of aromatic amines is 1. The van der Waals surface area contributed by atoms with Crippen LogP contribution < -0.4 is 4.74 Å². The predicted molar refractivity (Wildman–Crippen MR) is 83.5 cm³/mol. The molecule has 1 aliphatic rings. The van der Waals surface area contributed by atoms with E-state index in [4.69, 9.17) is 4.74 Å². The number of nitrogens with one attached hydrogen (secondary N) is 1. The van der Waals surface area contributed by atoms with E-state index in [1.165, 1.54) is 18.4 Å². The third-order valence-corrected chi connectivity index (χ3v) is 4.44. The fourth-order valence-corrected chi connectivity index (χ4v) is 3.28. The molecule has 4 nitrogen and oxygen atoms in total. The van der Waals surface area contributed by atoms with E-state index in [1.807, 2.05) is 18.3 Å². The van der Waals surface area contributed by atoms with Crippen molar-refractivity contribution in [2.75, 3.05) is 20.2 Å². The lowest BCUT2D eigenvalue weighted by molar-refractivity contribution is 0.195. The van der Waals surface area contributed by atoms with Crippen LogP contribution in [-0.2, 0) is 6.54 Å². The standard InChI is InChI=1S/C17H22FN3O/c1-12-9-19-20-17(12)14-6-4-8-21(11-14)10-13-5-3-7-15(22-2)16(13)18/h3,5,7,9,14H,4,6,8,10-11H2,1-2H3,(H,19,20)/t14-/m1/s1. The number of aromatic nitrogens is 2. The average molecular weight is 303 g/mol. The van der Waals surface area contributed by atoms with Gasteiger partial charge in [-0.15, -0.1) is 0 Å². The Morgan fingerprint density at radius 1 is 1.45 bits per heavy atom. The molecule has 1 aromatic heterocycles. The number of rotatable bonds is 4. The number of hydrogen-bond acceptors (Lipinski definition) is 3. The van der Waals surface area contributed by atoms with Gasteiger partial charge in [-0.2, -0.15) is 5.10 Å². The van der Waals surface area contributed by atoms with E-state index in [9.17, 15) is 4.39 Å². The largest absolute Gasteiger partial charge is 0.494 e. The summed E-state index contributed by atoms with van der Waals surface area (Å²) in [5.41, 5.74) is 3.12. The molecule has 0 spiro atoms. The Morgan fingerprint density at radius 2 is 2.32 bits per heavy atom.